The van der Waals surface area contributed by atoms with Gasteiger partial charge < -0.3 is 4.57 Å². The summed E-state index contributed by atoms with van der Waals surface area (Å²) in [7, 11) is -1.81. The van der Waals surface area contributed by atoms with Crippen LogP contribution in [0.2, 0.25) is 0 Å². The highest BCUT2D eigenvalue weighted by molar-refractivity contribution is 7.92. The molecule has 2 heterocycles. The van der Waals surface area contributed by atoms with E-state index in [-0.39, 0.29) is 4.90 Å². The van der Waals surface area contributed by atoms with Crippen LogP contribution in [-0.4, -0.2) is 18.0 Å². The fourth-order valence-corrected chi connectivity index (χ4v) is 5.10. The van der Waals surface area contributed by atoms with Crippen LogP contribution in [0.1, 0.15) is 28.8 Å². The normalized spacial score (nSPS) is 11.7. The van der Waals surface area contributed by atoms with Crippen molar-refractivity contribution in [3.05, 3.63) is 52.2 Å². The maximum Gasteiger partial charge on any atom is 0.263 e. The van der Waals surface area contributed by atoms with Crippen LogP contribution in [0.25, 0.3) is 10.7 Å². The second-order valence-corrected chi connectivity index (χ2v) is 9.21. The van der Waals surface area contributed by atoms with E-state index in [0.29, 0.717) is 11.4 Å². The first kappa shape index (κ1) is 18.7. The van der Waals surface area contributed by atoms with E-state index < -0.39 is 10.0 Å². The Labute approximate surface area is 158 Å². The quantitative estimate of drug-likeness (QED) is 0.702. The summed E-state index contributed by atoms with van der Waals surface area (Å²) in [6.07, 6.45) is 0.854. The second kappa shape index (κ2) is 6.89. The molecule has 0 aliphatic carbocycles. The largest absolute Gasteiger partial charge is 0.345 e. The first-order chi connectivity index (χ1) is 12.2. The molecule has 3 aromatic rings. The van der Waals surface area contributed by atoms with Gasteiger partial charge in [-0.15, -0.1) is 11.3 Å². The number of rotatable bonds is 5. The molecule has 0 amide bonds. The van der Waals surface area contributed by atoms with Crippen molar-refractivity contribution in [2.75, 3.05) is 4.72 Å². The lowest BCUT2D eigenvalue weighted by Crippen LogP contribution is -2.14. The summed E-state index contributed by atoms with van der Waals surface area (Å²) in [6.45, 7) is 7.84. The molecule has 7 heteroatoms. The van der Waals surface area contributed by atoms with Gasteiger partial charge in [0.2, 0.25) is 0 Å². The summed E-state index contributed by atoms with van der Waals surface area (Å²) in [6, 6.07) is 9.19. The third-order valence-corrected chi connectivity index (χ3v) is 7.21. The monoisotopic (exact) mass is 389 g/mol. The number of hydrogen-bond donors (Lipinski definition) is 1. The summed E-state index contributed by atoms with van der Waals surface area (Å²) in [5.74, 6) is 0. The lowest BCUT2D eigenvalue weighted by Gasteiger charge is -2.09. The van der Waals surface area contributed by atoms with E-state index in [4.69, 9.17) is 0 Å². The Balaban J connectivity index is 2.01. The van der Waals surface area contributed by atoms with Gasteiger partial charge in [-0.05, 0) is 51.0 Å². The number of thiazole rings is 1. The lowest BCUT2D eigenvalue weighted by molar-refractivity contribution is 0.600. The molecule has 1 N–H and O–H groups in total. The van der Waals surface area contributed by atoms with Gasteiger partial charge in [-0.1, -0.05) is 19.1 Å². The lowest BCUT2D eigenvalue weighted by atomic mass is 10.1. The third-order valence-electron chi connectivity index (χ3n) is 4.61. The van der Waals surface area contributed by atoms with Crippen molar-refractivity contribution in [3.8, 4) is 10.7 Å². The molecule has 26 heavy (non-hydrogen) atoms. The Hall–Kier alpha value is -2.12. The van der Waals surface area contributed by atoms with Gasteiger partial charge in [0.15, 0.2) is 0 Å². The molecule has 0 atom stereocenters. The van der Waals surface area contributed by atoms with Crippen LogP contribution in [0.15, 0.2) is 35.2 Å². The molecular weight excluding hydrogens is 366 g/mol. The van der Waals surface area contributed by atoms with Crippen LogP contribution >= 0.6 is 11.3 Å². The minimum absolute atomic E-state index is 0.280. The van der Waals surface area contributed by atoms with Gasteiger partial charge in [-0.2, -0.15) is 0 Å². The van der Waals surface area contributed by atoms with Crippen LogP contribution in [-0.2, 0) is 23.5 Å². The van der Waals surface area contributed by atoms with E-state index in [1.165, 1.54) is 0 Å². The van der Waals surface area contributed by atoms with E-state index in [0.717, 1.165) is 33.3 Å². The van der Waals surface area contributed by atoms with E-state index in [9.17, 15) is 8.42 Å². The highest BCUT2D eigenvalue weighted by Crippen LogP contribution is 2.32. The van der Waals surface area contributed by atoms with E-state index >= 15 is 0 Å². The van der Waals surface area contributed by atoms with Gasteiger partial charge in [0.1, 0.15) is 9.90 Å². The smallest absolute Gasteiger partial charge is 0.263 e. The average Bonchev–Trinajstić information content (AvgIpc) is 3.08. The molecule has 1 aromatic carbocycles. The maximum atomic E-state index is 12.9. The van der Waals surface area contributed by atoms with Crippen molar-refractivity contribution < 1.29 is 8.42 Å². The molecule has 138 valence electrons. The summed E-state index contributed by atoms with van der Waals surface area (Å²) >= 11 is 1.58. The predicted molar refractivity (Wildman–Crippen MR) is 107 cm³/mol. The molecule has 0 aliphatic rings. The Morgan fingerprint density at radius 2 is 1.92 bits per heavy atom. The zero-order chi connectivity index (χ0) is 19.1. The number of aryl methyl sites for hydroxylation is 3. The summed E-state index contributed by atoms with van der Waals surface area (Å²) in [5, 5.41) is 0.833. The maximum absolute atomic E-state index is 12.9. The third kappa shape index (κ3) is 3.41. The van der Waals surface area contributed by atoms with Gasteiger partial charge in [0, 0.05) is 23.3 Å². The van der Waals surface area contributed by atoms with Crippen molar-refractivity contribution >= 4 is 27.0 Å². The van der Waals surface area contributed by atoms with Crippen LogP contribution in [0.4, 0.5) is 5.69 Å². The van der Waals surface area contributed by atoms with Gasteiger partial charge in [-0.25, -0.2) is 13.4 Å². The molecule has 0 aliphatic heterocycles. The Bertz CT molecular complexity index is 1040. The fourth-order valence-electron chi connectivity index (χ4n) is 2.80. The van der Waals surface area contributed by atoms with E-state index in [1.807, 2.05) is 57.5 Å². The zero-order valence-electron chi connectivity index (χ0n) is 15.6. The van der Waals surface area contributed by atoms with Crippen molar-refractivity contribution in [1.82, 2.24) is 9.55 Å². The molecule has 0 radical (unpaired) electrons. The molecule has 0 saturated carbocycles. The van der Waals surface area contributed by atoms with Crippen molar-refractivity contribution in [2.24, 2.45) is 7.05 Å². The van der Waals surface area contributed by atoms with Crippen LogP contribution in [0.5, 0.6) is 0 Å². The number of benzene rings is 1. The van der Waals surface area contributed by atoms with Gasteiger partial charge in [0.25, 0.3) is 10.0 Å². The molecule has 2 aromatic heterocycles. The number of anilines is 1. The number of nitrogens with zero attached hydrogens (tertiary/aromatic N) is 2. The highest BCUT2D eigenvalue weighted by atomic mass is 32.2. The molecule has 5 nitrogen and oxygen atoms in total. The Morgan fingerprint density at radius 1 is 1.19 bits per heavy atom. The second-order valence-electron chi connectivity index (χ2n) is 6.36. The van der Waals surface area contributed by atoms with E-state index in [1.54, 1.807) is 23.5 Å². The number of sulfonamides is 1. The van der Waals surface area contributed by atoms with Gasteiger partial charge >= 0.3 is 0 Å². The average molecular weight is 390 g/mol. The fraction of sp³-hybridized carbons (Fsp3) is 0.316. The number of nitrogens with one attached hydrogen (secondary N) is 1. The molecule has 0 bridgehead atoms. The molecule has 0 unspecified atom stereocenters. The van der Waals surface area contributed by atoms with E-state index in [2.05, 4.69) is 9.71 Å². The predicted octanol–water partition coefficient (Wildman–Crippen LogP) is 4.44. The van der Waals surface area contributed by atoms with Gasteiger partial charge in [-0.3, -0.25) is 4.72 Å². The summed E-state index contributed by atoms with van der Waals surface area (Å²) < 4.78 is 30.5. The van der Waals surface area contributed by atoms with Gasteiger partial charge in [0.05, 0.1) is 11.4 Å². The molecular formula is C19H23N3O2S2. The first-order valence-corrected chi connectivity index (χ1v) is 10.8. The topological polar surface area (TPSA) is 64.0 Å². The molecule has 3 rings (SSSR count). The Kier molecular flexibility index (Phi) is 4.94. The highest BCUT2D eigenvalue weighted by Gasteiger charge is 2.23. The minimum Gasteiger partial charge on any atom is -0.345 e. The van der Waals surface area contributed by atoms with Crippen molar-refractivity contribution in [3.63, 3.8) is 0 Å². The Morgan fingerprint density at radius 3 is 2.54 bits per heavy atom. The molecule has 0 fully saturated rings. The number of hydrogen-bond acceptors (Lipinski definition) is 4. The minimum atomic E-state index is -3.68. The SMILES string of the molecule is CCc1cccc(NS(=O)(=O)c2cc(-c3nc(C)c(C)s3)n(C)c2C)c1. The van der Waals surface area contributed by atoms with Crippen LogP contribution in [0, 0.1) is 20.8 Å². The molecule has 0 saturated heterocycles. The van der Waals surface area contributed by atoms with Crippen molar-refractivity contribution in [1.29, 1.82) is 0 Å². The van der Waals surface area contributed by atoms with Crippen LogP contribution in [0.3, 0.4) is 0 Å². The van der Waals surface area contributed by atoms with Crippen molar-refractivity contribution in [2.45, 2.75) is 39.0 Å². The molecule has 0 spiro atoms. The zero-order valence-corrected chi connectivity index (χ0v) is 17.3. The summed E-state index contributed by atoms with van der Waals surface area (Å²) in [4.78, 5) is 5.98. The first-order valence-electron chi connectivity index (χ1n) is 8.45. The summed E-state index contributed by atoms with van der Waals surface area (Å²) in [5.41, 5.74) is 4.14. The standard InChI is InChI=1S/C19H23N3O2S2/c1-6-15-8-7-9-16(10-15)21-26(23,24)18-11-17(22(5)13(18)3)19-20-12(2)14(4)25-19/h7-11,21H,6H2,1-5H3. The number of aromatic nitrogens is 2. The van der Waals surface area contributed by atoms with Crippen LogP contribution < -0.4 is 4.72 Å².